The standard InChI is InChI=1S/C32H36S22/c1-33-17-15(43-27(45-17)29-47-19(35-3)20(36-4)48-29)11-9-13-41-25-26(54-32(53-25)31-51-23(39-7)24(40-8)52-31)42-14-10-12-16-18(34-2)46-28(44-16)30-49-21(37-5)22(38-6)50-30/h9-14H2,1-8H3. The van der Waals surface area contributed by atoms with Crippen LogP contribution in [0.4, 0.5) is 0 Å². The molecule has 6 heterocycles. The highest BCUT2D eigenvalue weighted by molar-refractivity contribution is 8.46. The summed E-state index contributed by atoms with van der Waals surface area (Å²) in [7, 11) is 0. The predicted molar refractivity (Wildman–Crippen MR) is 306 cm³/mol. The molecule has 0 saturated heterocycles. The van der Waals surface area contributed by atoms with Crippen molar-refractivity contribution in [2.45, 2.75) is 25.7 Å². The third kappa shape index (κ3) is 12.8. The zero-order chi connectivity index (χ0) is 38.2. The predicted octanol–water partition coefficient (Wildman–Crippen LogP) is 20.0. The van der Waals surface area contributed by atoms with Crippen LogP contribution in [-0.4, -0.2) is 61.6 Å². The van der Waals surface area contributed by atoms with E-state index >= 15 is 0 Å². The van der Waals surface area contributed by atoms with E-state index in [9.17, 15) is 0 Å². The van der Waals surface area contributed by atoms with Gasteiger partial charge in [-0.2, -0.15) is 0 Å². The fraction of sp³-hybridized carbons (Fsp3) is 0.438. The van der Waals surface area contributed by atoms with Gasteiger partial charge in [0.05, 0.1) is 67.8 Å². The minimum Gasteiger partial charge on any atom is -0.122 e. The van der Waals surface area contributed by atoms with E-state index in [4.69, 9.17) is 0 Å². The Morgan fingerprint density at radius 3 is 0.759 bits per heavy atom. The van der Waals surface area contributed by atoms with Crippen LogP contribution >= 0.6 is 259 Å². The molecule has 0 aromatic heterocycles. The third-order valence-electron chi connectivity index (χ3n) is 6.95. The summed E-state index contributed by atoms with van der Waals surface area (Å²) in [6, 6.07) is 0. The fourth-order valence-electron chi connectivity index (χ4n) is 4.56. The average Bonchev–Trinajstić information content (AvgIpc) is 4.05. The molecule has 0 saturated carbocycles. The summed E-state index contributed by atoms with van der Waals surface area (Å²) in [5.41, 5.74) is 0. The molecule has 6 aliphatic rings. The quantitative estimate of drug-likeness (QED) is 0.119. The van der Waals surface area contributed by atoms with Gasteiger partial charge in [-0.15, -0.1) is 118 Å². The van der Waals surface area contributed by atoms with Gasteiger partial charge in [-0.3, -0.25) is 0 Å². The van der Waals surface area contributed by atoms with Crippen LogP contribution in [0.15, 0.2) is 77.6 Å². The lowest BCUT2D eigenvalue weighted by atomic mass is 10.3. The molecule has 54 heavy (non-hydrogen) atoms. The second-order valence-electron chi connectivity index (χ2n) is 10.2. The van der Waals surface area contributed by atoms with Gasteiger partial charge in [0.1, 0.15) is 0 Å². The Balaban J connectivity index is 1.05. The fourth-order valence-corrected chi connectivity index (χ4v) is 34.1. The molecule has 0 aliphatic carbocycles. The van der Waals surface area contributed by atoms with E-state index in [-0.39, 0.29) is 0 Å². The van der Waals surface area contributed by atoms with Crippen molar-refractivity contribution in [1.82, 2.24) is 0 Å². The van der Waals surface area contributed by atoms with Crippen molar-refractivity contribution < 1.29 is 0 Å². The molecule has 0 aromatic carbocycles. The first-order valence-electron chi connectivity index (χ1n) is 15.7. The van der Waals surface area contributed by atoms with E-state index in [0.29, 0.717) is 0 Å². The molecule has 296 valence electrons. The number of thioether (sulfide) groups is 22. The topological polar surface area (TPSA) is 0 Å². The SMILES string of the molecule is CSC1=C(CCCSC2=C(SCCCC3=C(SC)SC(=C4SC(SC)=C(SC)S4)S3)SC(=C3SC(SC)=C(SC)S3)S2)SC(=C2SC(SC)=C(SC)S2)S1. The summed E-state index contributed by atoms with van der Waals surface area (Å²) >= 11 is 43.5. The molecule has 22 heteroatoms. The maximum absolute atomic E-state index is 2.25. The highest BCUT2D eigenvalue weighted by Gasteiger charge is 2.33. The van der Waals surface area contributed by atoms with Crippen molar-refractivity contribution in [3.05, 3.63) is 77.6 Å². The van der Waals surface area contributed by atoms with Crippen molar-refractivity contribution in [3.63, 3.8) is 0 Å². The second-order valence-corrected chi connectivity index (χ2v) is 35.5. The zero-order valence-electron chi connectivity index (χ0n) is 30.2. The van der Waals surface area contributed by atoms with Gasteiger partial charge in [0, 0.05) is 9.81 Å². The highest BCUT2D eigenvalue weighted by atomic mass is 32.3. The van der Waals surface area contributed by atoms with Crippen molar-refractivity contribution in [1.29, 1.82) is 0 Å². The molecule has 0 spiro atoms. The normalized spacial score (nSPS) is 21.3. The van der Waals surface area contributed by atoms with E-state index < -0.39 is 0 Å². The average molecular weight is 1130 g/mol. The lowest BCUT2D eigenvalue weighted by Gasteiger charge is -2.07. The van der Waals surface area contributed by atoms with Crippen LogP contribution in [0.2, 0.25) is 0 Å². The monoisotopic (exact) mass is 1120 g/mol. The molecule has 6 rings (SSSR count). The van der Waals surface area contributed by atoms with Crippen molar-refractivity contribution in [2.24, 2.45) is 0 Å². The molecule has 0 N–H and O–H groups in total. The Kier molecular flexibility index (Phi) is 22.7. The molecule has 6 aliphatic heterocycles. The van der Waals surface area contributed by atoms with Gasteiger partial charge in [-0.1, -0.05) is 141 Å². The smallest absolute Gasteiger partial charge is 0.0717 e. The van der Waals surface area contributed by atoms with Crippen molar-refractivity contribution in [2.75, 3.05) is 61.6 Å². The molecule has 0 radical (unpaired) electrons. The minimum atomic E-state index is 1.16. The molecule has 0 unspecified atom stereocenters. The van der Waals surface area contributed by atoms with Crippen molar-refractivity contribution >= 4 is 259 Å². The van der Waals surface area contributed by atoms with Gasteiger partial charge < -0.3 is 0 Å². The van der Waals surface area contributed by atoms with Crippen LogP contribution in [0.5, 0.6) is 0 Å². The molecular weight excluding hydrogens is 1090 g/mol. The Morgan fingerprint density at radius 2 is 0.500 bits per heavy atom. The second kappa shape index (κ2) is 25.2. The Morgan fingerprint density at radius 1 is 0.278 bits per heavy atom. The zero-order valence-corrected chi connectivity index (χ0v) is 48.2. The number of hydrogen-bond acceptors (Lipinski definition) is 22. The first kappa shape index (κ1) is 48.8. The lowest BCUT2D eigenvalue weighted by molar-refractivity contribution is 0.963. The molecule has 0 fully saturated rings. The Hall–Kier alpha value is 5.36. The molecule has 0 bridgehead atoms. The lowest BCUT2D eigenvalue weighted by Crippen LogP contribution is -1.85. The summed E-state index contributed by atoms with van der Waals surface area (Å²) < 4.78 is 23.8. The Bertz CT molecular complexity index is 1600. The van der Waals surface area contributed by atoms with Crippen LogP contribution < -0.4 is 0 Å². The molecule has 0 aromatic rings. The van der Waals surface area contributed by atoms with Gasteiger partial charge in [-0.25, -0.2) is 0 Å². The summed E-state index contributed by atoms with van der Waals surface area (Å²) in [5.74, 6) is 2.33. The number of rotatable bonds is 18. The van der Waals surface area contributed by atoms with Gasteiger partial charge in [-0.05, 0) is 87.2 Å². The van der Waals surface area contributed by atoms with Gasteiger partial charge in [0.2, 0.25) is 0 Å². The van der Waals surface area contributed by atoms with Crippen LogP contribution in [-0.2, 0) is 0 Å². The highest BCUT2D eigenvalue weighted by Crippen LogP contribution is 2.68. The summed E-state index contributed by atoms with van der Waals surface area (Å²) in [4.78, 5) is 3.16. The first-order valence-corrected chi connectivity index (χ1v) is 37.3. The molecule has 0 amide bonds. The van der Waals surface area contributed by atoms with Crippen LogP contribution in [0.1, 0.15) is 25.7 Å². The largest absolute Gasteiger partial charge is 0.122 e. The summed E-state index contributed by atoms with van der Waals surface area (Å²) in [6.45, 7) is 0. The van der Waals surface area contributed by atoms with Crippen LogP contribution in [0.25, 0.3) is 0 Å². The van der Waals surface area contributed by atoms with E-state index in [1.54, 1.807) is 9.81 Å². The van der Waals surface area contributed by atoms with Crippen LogP contribution in [0.3, 0.4) is 0 Å². The van der Waals surface area contributed by atoms with E-state index in [2.05, 4.69) is 73.6 Å². The van der Waals surface area contributed by atoms with Gasteiger partial charge in [0.25, 0.3) is 0 Å². The molecule has 0 nitrogen and oxygen atoms in total. The molecular formula is C32H36S22. The van der Waals surface area contributed by atoms with E-state index in [1.165, 1.54) is 93.5 Å². The Labute approximate surface area is 417 Å². The maximum atomic E-state index is 2.25. The van der Waals surface area contributed by atoms with Crippen LogP contribution in [0, 0.1) is 0 Å². The van der Waals surface area contributed by atoms with Crippen molar-refractivity contribution in [3.8, 4) is 0 Å². The van der Waals surface area contributed by atoms with Gasteiger partial charge >= 0.3 is 0 Å². The summed E-state index contributed by atoms with van der Waals surface area (Å²) in [5, 5.41) is 0. The maximum Gasteiger partial charge on any atom is 0.0717 e. The van der Waals surface area contributed by atoms with E-state index in [1.807, 2.05) is 235 Å². The van der Waals surface area contributed by atoms with Gasteiger partial charge in [0.15, 0.2) is 0 Å². The summed E-state index contributed by atoms with van der Waals surface area (Å²) in [6.07, 6.45) is 22.5. The number of hydrogen-bond donors (Lipinski definition) is 0. The molecule has 0 atom stereocenters. The minimum absolute atomic E-state index is 1.16. The first-order chi connectivity index (χ1) is 26.4. The number of allylic oxidation sites excluding steroid dienone is 2. The third-order valence-corrected chi connectivity index (χ3v) is 37.9. The van der Waals surface area contributed by atoms with E-state index in [0.717, 1.165) is 11.5 Å².